The number of carbonyl (C=O) groups is 1. The molecule has 1 heterocycles. The van der Waals surface area contributed by atoms with Crippen LogP contribution in [0.3, 0.4) is 0 Å². The monoisotopic (exact) mass is 284 g/mol. The molecule has 3 nitrogen and oxygen atoms in total. The molecule has 2 aromatic rings. The molecule has 1 aromatic carbocycles. The average molecular weight is 284 g/mol. The summed E-state index contributed by atoms with van der Waals surface area (Å²) in [7, 11) is 0. The first-order valence-corrected chi connectivity index (χ1v) is 5.45. The Morgan fingerprint density at radius 3 is 2.55 bits per heavy atom. The Hall–Kier alpha value is -2.44. The lowest BCUT2D eigenvalue weighted by atomic mass is 10.1. The van der Waals surface area contributed by atoms with E-state index in [0.717, 1.165) is 6.07 Å². The number of nitrogens with one attached hydrogen (secondary N) is 1. The van der Waals surface area contributed by atoms with E-state index in [4.69, 9.17) is 0 Å². The summed E-state index contributed by atoms with van der Waals surface area (Å²) < 4.78 is 50.7. The first-order chi connectivity index (χ1) is 9.36. The molecule has 0 spiro atoms. The lowest BCUT2D eigenvalue weighted by Crippen LogP contribution is -2.13. The topological polar surface area (TPSA) is 42.0 Å². The number of alkyl halides is 3. The molecule has 0 aliphatic heterocycles. The van der Waals surface area contributed by atoms with Gasteiger partial charge in [0, 0.05) is 18.1 Å². The van der Waals surface area contributed by atoms with Crippen LogP contribution < -0.4 is 5.32 Å². The quantitative estimate of drug-likeness (QED) is 0.858. The Bertz CT molecular complexity index is 626. The van der Waals surface area contributed by atoms with Crippen molar-refractivity contribution in [2.24, 2.45) is 0 Å². The molecule has 0 saturated heterocycles. The van der Waals surface area contributed by atoms with Crippen LogP contribution in [0.5, 0.6) is 0 Å². The highest BCUT2D eigenvalue weighted by molar-refractivity contribution is 6.04. The van der Waals surface area contributed by atoms with Gasteiger partial charge in [0.1, 0.15) is 5.82 Å². The van der Waals surface area contributed by atoms with E-state index in [2.05, 4.69) is 10.3 Å². The van der Waals surface area contributed by atoms with Gasteiger partial charge in [-0.05, 0) is 30.3 Å². The average Bonchev–Trinajstić information content (AvgIpc) is 2.38. The second-order valence-corrected chi connectivity index (χ2v) is 3.92. The van der Waals surface area contributed by atoms with Crippen LogP contribution in [0.25, 0.3) is 0 Å². The number of hydrogen-bond acceptors (Lipinski definition) is 2. The summed E-state index contributed by atoms with van der Waals surface area (Å²) in [4.78, 5) is 15.4. The molecule has 0 aliphatic rings. The number of hydrogen-bond donors (Lipinski definition) is 1. The number of carbonyl (C=O) groups excluding carboxylic acids is 1. The largest absolute Gasteiger partial charge is 0.416 e. The third kappa shape index (κ3) is 3.31. The van der Waals surface area contributed by atoms with Crippen molar-refractivity contribution in [1.82, 2.24) is 4.98 Å². The van der Waals surface area contributed by atoms with Crippen molar-refractivity contribution in [3.8, 4) is 0 Å². The molecule has 0 bridgehead atoms. The van der Waals surface area contributed by atoms with Gasteiger partial charge in [-0.3, -0.25) is 9.78 Å². The van der Waals surface area contributed by atoms with Crippen LogP contribution >= 0.6 is 0 Å². The van der Waals surface area contributed by atoms with Crippen LogP contribution in [-0.2, 0) is 6.18 Å². The molecule has 104 valence electrons. The summed E-state index contributed by atoms with van der Waals surface area (Å²) in [6.07, 6.45) is -1.99. The maximum atomic E-state index is 13.1. The predicted octanol–water partition coefficient (Wildman–Crippen LogP) is 3.49. The van der Waals surface area contributed by atoms with Crippen molar-refractivity contribution in [2.75, 3.05) is 5.32 Å². The molecule has 0 unspecified atom stereocenters. The zero-order valence-corrected chi connectivity index (χ0v) is 9.91. The van der Waals surface area contributed by atoms with Gasteiger partial charge in [-0.2, -0.15) is 13.2 Å². The lowest BCUT2D eigenvalue weighted by molar-refractivity contribution is -0.137. The van der Waals surface area contributed by atoms with Crippen molar-refractivity contribution in [3.05, 3.63) is 59.7 Å². The van der Waals surface area contributed by atoms with Crippen molar-refractivity contribution in [3.63, 3.8) is 0 Å². The van der Waals surface area contributed by atoms with Crippen molar-refractivity contribution >= 4 is 11.6 Å². The first-order valence-electron chi connectivity index (χ1n) is 5.45. The van der Waals surface area contributed by atoms with Gasteiger partial charge in [0.15, 0.2) is 0 Å². The predicted molar refractivity (Wildman–Crippen MR) is 63.6 cm³/mol. The third-order valence-electron chi connectivity index (χ3n) is 2.41. The molecule has 2 rings (SSSR count). The van der Waals surface area contributed by atoms with Crippen molar-refractivity contribution in [2.45, 2.75) is 6.18 Å². The number of rotatable bonds is 2. The van der Waals surface area contributed by atoms with Gasteiger partial charge in [-0.15, -0.1) is 0 Å². The Morgan fingerprint density at radius 1 is 1.20 bits per heavy atom. The van der Waals surface area contributed by atoms with Gasteiger partial charge in [-0.25, -0.2) is 4.39 Å². The van der Waals surface area contributed by atoms with Crippen LogP contribution in [0.2, 0.25) is 0 Å². The number of halogens is 4. The minimum absolute atomic E-state index is 0.158. The highest BCUT2D eigenvalue weighted by Crippen LogP contribution is 2.31. The van der Waals surface area contributed by atoms with E-state index < -0.39 is 23.5 Å². The molecule has 1 amide bonds. The maximum Gasteiger partial charge on any atom is 0.416 e. The van der Waals surface area contributed by atoms with E-state index in [1.165, 1.54) is 24.5 Å². The van der Waals surface area contributed by atoms with Gasteiger partial charge in [0.2, 0.25) is 0 Å². The third-order valence-corrected chi connectivity index (χ3v) is 2.41. The van der Waals surface area contributed by atoms with Crippen LogP contribution in [0, 0.1) is 5.82 Å². The molecule has 1 aromatic heterocycles. The van der Waals surface area contributed by atoms with E-state index in [1.807, 2.05) is 0 Å². The minimum atomic E-state index is -4.68. The van der Waals surface area contributed by atoms with Crippen molar-refractivity contribution in [1.29, 1.82) is 0 Å². The second kappa shape index (κ2) is 5.28. The fourth-order valence-corrected chi connectivity index (χ4v) is 1.53. The number of benzene rings is 1. The van der Waals surface area contributed by atoms with Gasteiger partial charge in [-0.1, -0.05) is 0 Å². The Labute approximate surface area is 111 Å². The fraction of sp³-hybridized carbons (Fsp3) is 0.0769. The molecule has 0 fully saturated rings. The van der Waals surface area contributed by atoms with Gasteiger partial charge in [0.05, 0.1) is 11.1 Å². The summed E-state index contributed by atoms with van der Waals surface area (Å²) in [6, 6.07) is 4.77. The number of amides is 1. The Kier molecular flexibility index (Phi) is 3.69. The highest BCUT2D eigenvalue weighted by Gasteiger charge is 2.31. The van der Waals surface area contributed by atoms with Crippen molar-refractivity contribution < 1.29 is 22.4 Å². The summed E-state index contributed by atoms with van der Waals surface area (Å²) in [5, 5.41) is 2.19. The molecule has 20 heavy (non-hydrogen) atoms. The van der Waals surface area contributed by atoms with Crippen LogP contribution in [0.1, 0.15) is 15.9 Å². The standard InChI is InChI=1S/C13H8F4N2O/c14-10-4-9(13(15,16)17)5-11(6-10)19-12(20)8-2-1-3-18-7-8/h1-7H,(H,19,20). The molecule has 1 N–H and O–H groups in total. The van der Waals surface area contributed by atoms with E-state index in [0.29, 0.717) is 12.1 Å². The van der Waals surface area contributed by atoms with E-state index >= 15 is 0 Å². The molecule has 7 heteroatoms. The normalized spacial score (nSPS) is 11.2. The molecule has 0 radical (unpaired) electrons. The number of anilines is 1. The number of pyridine rings is 1. The summed E-state index contributed by atoms with van der Waals surface area (Å²) in [5.41, 5.74) is -1.28. The first kappa shape index (κ1) is 14.0. The number of aromatic nitrogens is 1. The van der Waals surface area contributed by atoms with Crippen LogP contribution in [-0.4, -0.2) is 10.9 Å². The molecule has 0 atom stereocenters. The highest BCUT2D eigenvalue weighted by atomic mass is 19.4. The molecule has 0 aliphatic carbocycles. The van der Waals surface area contributed by atoms with E-state index in [-0.39, 0.29) is 11.3 Å². The molecule has 0 saturated carbocycles. The summed E-state index contributed by atoms with van der Waals surface area (Å²) >= 11 is 0. The summed E-state index contributed by atoms with van der Waals surface area (Å²) in [5.74, 6) is -1.75. The van der Waals surface area contributed by atoms with Gasteiger partial charge in [0.25, 0.3) is 5.91 Å². The van der Waals surface area contributed by atoms with Gasteiger partial charge >= 0.3 is 6.18 Å². The minimum Gasteiger partial charge on any atom is -0.322 e. The fourth-order valence-electron chi connectivity index (χ4n) is 1.53. The Morgan fingerprint density at radius 2 is 1.95 bits per heavy atom. The zero-order valence-electron chi connectivity index (χ0n) is 9.91. The second-order valence-electron chi connectivity index (χ2n) is 3.92. The number of nitrogens with zero attached hydrogens (tertiary/aromatic N) is 1. The summed E-state index contributed by atoms with van der Waals surface area (Å²) in [6.45, 7) is 0. The lowest BCUT2D eigenvalue weighted by Gasteiger charge is -2.10. The van der Waals surface area contributed by atoms with Crippen LogP contribution in [0.15, 0.2) is 42.7 Å². The Balaban J connectivity index is 2.26. The molecular weight excluding hydrogens is 276 g/mol. The maximum absolute atomic E-state index is 13.1. The SMILES string of the molecule is O=C(Nc1cc(F)cc(C(F)(F)F)c1)c1cccnc1. The van der Waals surface area contributed by atoms with E-state index in [1.54, 1.807) is 0 Å². The molecular formula is C13H8F4N2O. The van der Waals surface area contributed by atoms with Gasteiger partial charge < -0.3 is 5.32 Å². The zero-order chi connectivity index (χ0) is 14.8. The van der Waals surface area contributed by atoms with E-state index in [9.17, 15) is 22.4 Å². The van der Waals surface area contributed by atoms with Crippen LogP contribution in [0.4, 0.5) is 23.2 Å². The smallest absolute Gasteiger partial charge is 0.322 e.